The van der Waals surface area contributed by atoms with Crippen LogP contribution >= 0.6 is 0 Å². The number of hydrogen-bond acceptors (Lipinski definition) is 4. The molecule has 0 radical (unpaired) electrons. The molecule has 1 aliphatic rings. The number of amides is 1. The van der Waals surface area contributed by atoms with Crippen molar-refractivity contribution in [3.05, 3.63) is 24.2 Å². The molecule has 5 nitrogen and oxygen atoms in total. The number of hydrogen-bond donors (Lipinski definition) is 3. The van der Waals surface area contributed by atoms with Gasteiger partial charge in [0.25, 0.3) is 0 Å². The van der Waals surface area contributed by atoms with Crippen molar-refractivity contribution in [1.82, 2.24) is 10.6 Å². The number of carbonyl (C=O) groups is 1. The van der Waals surface area contributed by atoms with Gasteiger partial charge in [-0.05, 0) is 18.6 Å². The van der Waals surface area contributed by atoms with Crippen molar-refractivity contribution in [1.29, 1.82) is 0 Å². The second-order valence-electron chi connectivity index (χ2n) is 3.65. The minimum Gasteiger partial charge on any atom is -0.467 e. The third kappa shape index (κ3) is 2.57. The van der Waals surface area contributed by atoms with Crippen LogP contribution in [0.15, 0.2) is 22.8 Å². The quantitative estimate of drug-likeness (QED) is 0.635. The van der Waals surface area contributed by atoms with Crippen molar-refractivity contribution in [3.8, 4) is 0 Å². The summed E-state index contributed by atoms with van der Waals surface area (Å²) in [5, 5.41) is 14.9. The zero-order valence-electron chi connectivity index (χ0n) is 8.27. The second-order valence-corrected chi connectivity index (χ2v) is 3.65. The van der Waals surface area contributed by atoms with E-state index in [1.165, 1.54) is 0 Å². The average molecular weight is 210 g/mol. The second kappa shape index (κ2) is 4.46. The number of aliphatic hydroxyl groups excluding tert-OH is 1. The predicted octanol–water partition coefficient (Wildman–Crippen LogP) is -0.381. The van der Waals surface area contributed by atoms with E-state index in [-0.39, 0.29) is 11.9 Å². The summed E-state index contributed by atoms with van der Waals surface area (Å²) < 4.78 is 5.08. The molecule has 1 aromatic rings. The van der Waals surface area contributed by atoms with Gasteiger partial charge in [-0.2, -0.15) is 0 Å². The highest BCUT2D eigenvalue weighted by molar-refractivity contribution is 5.82. The maximum Gasteiger partial charge on any atom is 0.237 e. The predicted molar refractivity (Wildman–Crippen MR) is 53.0 cm³/mol. The van der Waals surface area contributed by atoms with Crippen molar-refractivity contribution in [2.45, 2.75) is 25.1 Å². The Morgan fingerprint density at radius 2 is 2.60 bits per heavy atom. The standard InChI is InChI=1S/C10H14N2O3/c13-7-4-9(11-5-7)10(14)12-6-8-2-1-3-15-8/h1-3,7,9,11,13H,4-6H2,(H,12,14). The van der Waals surface area contributed by atoms with Crippen molar-refractivity contribution < 1.29 is 14.3 Å². The van der Waals surface area contributed by atoms with E-state index in [2.05, 4.69) is 10.6 Å². The molecule has 1 aromatic heterocycles. The molecule has 1 saturated heterocycles. The highest BCUT2D eigenvalue weighted by Gasteiger charge is 2.27. The van der Waals surface area contributed by atoms with Crippen LogP contribution in [0, 0.1) is 0 Å². The van der Waals surface area contributed by atoms with Crippen LogP contribution in [-0.2, 0) is 11.3 Å². The van der Waals surface area contributed by atoms with Crippen LogP contribution in [0.3, 0.4) is 0 Å². The molecule has 3 N–H and O–H groups in total. The maximum atomic E-state index is 11.6. The van der Waals surface area contributed by atoms with E-state index in [1.54, 1.807) is 18.4 Å². The molecule has 15 heavy (non-hydrogen) atoms. The Kier molecular flexibility index (Phi) is 3.03. The monoisotopic (exact) mass is 210 g/mol. The first-order chi connectivity index (χ1) is 7.25. The summed E-state index contributed by atoms with van der Waals surface area (Å²) in [6, 6.07) is 3.30. The average Bonchev–Trinajstić information content (AvgIpc) is 2.84. The topological polar surface area (TPSA) is 74.5 Å². The molecule has 2 heterocycles. The van der Waals surface area contributed by atoms with Gasteiger partial charge in [0, 0.05) is 6.54 Å². The number of carbonyl (C=O) groups excluding carboxylic acids is 1. The van der Waals surface area contributed by atoms with E-state index >= 15 is 0 Å². The molecule has 1 aliphatic heterocycles. The van der Waals surface area contributed by atoms with Gasteiger partial charge in [-0.25, -0.2) is 0 Å². The number of furan rings is 1. The highest BCUT2D eigenvalue weighted by atomic mass is 16.3. The van der Waals surface area contributed by atoms with Crippen LogP contribution in [0.4, 0.5) is 0 Å². The van der Waals surface area contributed by atoms with Crippen LogP contribution < -0.4 is 10.6 Å². The lowest BCUT2D eigenvalue weighted by molar-refractivity contribution is -0.123. The van der Waals surface area contributed by atoms with Gasteiger partial charge in [-0.15, -0.1) is 0 Å². The van der Waals surface area contributed by atoms with Crippen molar-refractivity contribution in [2.75, 3.05) is 6.54 Å². The number of nitrogens with one attached hydrogen (secondary N) is 2. The van der Waals surface area contributed by atoms with Crippen LogP contribution in [0.1, 0.15) is 12.2 Å². The first kappa shape index (κ1) is 10.2. The first-order valence-corrected chi connectivity index (χ1v) is 4.97. The van der Waals surface area contributed by atoms with Crippen LogP contribution in [0.2, 0.25) is 0 Å². The number of β-amino-alcohol motifs (C(OH)–C–C–N with tert-alkyl or cyclic N) is 1. The lowest BCUT2D eigenvalue weighted by atomic mass is 10.2. The molecule has 0 bridgehead atoms. The minimum absolute atomic E-state index is 0.0945. The largest absolute Gasteiger partial charge is 0.467 e. The summed E-state index contributed by atoms with van der Waals surface area (Å²) in [6.45, 7) is 0.874. The molecule has 82 valence electrons. The third-order valence-corrected chi connectivity index (χ3v) is 2.44. The fourth-order valence-corrected chi connectivity index (χ4v) is 1.63. The normalized spacial score (nSPS) is 25.4. The zero-order valence-corrected chi connectivity index (χ0v) is 8.27. The van der Waals surface area contributed by atoms with Gasteiger partial charge in [-0.3, -0.25) is 4.79 Å². The fraction of sp³-hybridized carbons (Fsp3) is 0.500. The summed E-state index contributed by atoms with van der Waals surface area (Å²) in [6.07, 6.45) is 1.63. The number of aliphatic hydroxyl groups is 1. The van der Waals surface area contributed by atoms with Crippen molar-refractivity contribution >= 4 is 5.91 Å². The third-order valence-electron chi connectivity index (χ3n) is 2.44. The maximum absolute atomic E-state index is 11.6. The summed E-state index contributed by atoms with van der Waals surface area (Å²) >= 11 is 0. The fourth-order valence-electron chi connectivity index (χ4n) is 1.63. The summed E-state index contributed by atoms with van der Waals surface area (Å²) in [5.74, 6) is 0.629. The summed E-state index contributed by atoms with van der Waals surface area (Å²) in [7, 11) is 0. The molecule has 0 aliphatic carbocycles. The molecular weight excluding hydrogens is 196 g/mol. The smallest absolute Gasteiger partial charge is 0.237 e. The zero-order chi connectivity index (χ0) is 10.7. The molecule has 0 saturated carbocycles. The molecule has 2 rings (SSSR count). The molecule has 1 amide bonds. The van der Waals surface area contributed by atoms with Gasteiger partial charge < -0.3 is 20.2 Å². The molecule has 1 fully saturated rings. The number of rotatable bonds is 3. The first-order valence-electron chi connectivity index (χ1n) is 4.97. The Hall–Kier alpha value is -1.33. The van der Waals surface area contributed by atoms with Crippen LogP contribution in [-0.4, -0.2) is 29.7 Å². The van der Waals surface area contributed by atoms with E-state index in [9.17, 15) is 9.90 Å². The van der Waals surface area contributed by atoms with Gasteiger partial charge in [-0.1, -0.05) is 0 Å². The minimum atomic E-state index is -0.413. The van der Waals surface area contributed by atoms with Crippen molar-refractivity contribution in [2.24, 2.45) is 0 Å². The van der Waals surface area contributed by atoms with E-state index < -0.39 is 6.10 Å². The van der Waals surface area contributed by atoms with Gasteiger partial charge in [0.2, 0.25) is 5.91 Å². The van der Waals surface area contributed by atoms with Crippen LogP contribution in [0.25, 0.3) is 0 Å². The molecule has 5 heteroatoms. The lowest BCUT2D eigenvalue weighted by Gasteiger charge is -2.09. The van der Waals surface area contributed by atoms with Crippen molar-refractivity contribution in [3.63, 3.8) is 0 Å². The van der Waals surface area contributed by atoms with Gasteiger partial charge >= 0.3 is 0 Å². The summed E-state index contributed by atoms with van der Waals surface area (Å²) in [4.78, 5) is 11.6. The van der Waals surface area contributed by atoms with Crippen LogP contribution in [0.5, 0.6) is 0 Å². The van der Waals surface area contributed by atoms with E-state index in [0.717, 1.165) is 5.76 Å². The molecular formula is C10H14N2O3. The molecule has 0 spiro atoms. The molecule has 2 atom stereocenters. The Balaban J connectivity index is 1.78. The van der Waals surface area contributed by atoms with E-state index in [1.807, 2.05) is 0 Å². The van der Waals surface area contributed by atoms with Gasteiger partial charge in [0.15, 0.2) is 0 Å². The Bertz CT molecular complexity index is 323. The molecule has 0 aromatic carbocycles. The SMILES string of the molecule is O=C(NCc1ccco1)C1CC(O)CN1. The van der Waals surface area contributed by atoms with Gasteiger partial charge in [0.1, 0.15) is 5.76 Å². The van der Waals surface area contributed by atoms with Gasteiger partial charge in [0.05, 0.1) is 25.0 Å². The molecule has 2 unspecified atom stereocenters. The van der Waals surface area contributed by atoms with E-state index in [0.29, 0.717) is 19.5 Å². The highest BCUT2D eigenvalue weighted by Crippen LogP contribution is 2.06. The summed E-state index contributed by atoms with van der Waals surface area (Å²) in [5.41, 5.74) is 0. The Morgan fingerprint density at radius 1 is 1.73 bits per heavy atom. The lowest BCUT2D eigenvalue weighted by Crippen LogP contribution is -2.39. The van der Waals surface area contributed by atoms with E-state index in [4.69, 9.17) is 4.42 Å². The Morgan fingerprint density at radius 3 is 3.20 bits per heavy atom. The Labute approximate surface area is 87.5 Å².